The molecule has 0 amide bonds. The van der Waals surface area contributed by atoms with Gasteiger partial charge in [-0.3, -0.25) is 4.79 Å². The zero-order valence-corrected chi connectivity index (χ0v) is 16.9. The molecule has 8 nitrogen and oxygen atoms in total. The number of fused-ring (bicyclic) bond motifs is 2. The normalized spacial score (nSPS) is 13.3. The Bertz CT molecular complexity index is 1330. The van der Waals surface area contributed by atoms with Crippen molar-refractivity contribution in [1.29, 1.82) is 0 Å². The van der Waals surface area contributed by atoms with Gasteiger partial charge in [0, 0.05) is 24.6 Å². The first-order chi connectivity index (χ1) is 14.6. The van der Waals surface area contributed by atoms with Crippen molar-refractivity contribution in [3.05, 3.63) is 74.9 Å². The molecule has 4 aromatic rings. The van der Waals surface area contributed by atoms with Crippen molar-refractivity contribution >= 4 is 34.1 Å². The number of aryl methyl sites for hydroxylation is 1. The quantitative estimate of drug-likeness (QED) is 0.526. The second-order valence-electron chi connectivity index (χ2n) is 7.10. The van der Waals surface area contributed by atoms with Gasteiger partial charge in [-0.25, -0.2) is 15.0 Å². The lowest BCUT2D eigenvalue weighted by Gasteiger charge is -2.18. The van der Waals surface area contributed by atoms with Crippen molar-refractivity contribution in [3.63, 3.8) is 0 Å². The third-order valence-corrected chi connectivity index (χ3v) is 5.39. The number of halogens is 1. The molecule has 0 unspecified atom stereocenters. The zero-order chi connectivity index (χ0) is 20.7. The first-order valence-electron chi connectivity index (χ1n) is 9.57. The molecule has 0 saturated heterocycles. The van der Waals surface area contributed by atoms with Crippen LogP contribution in [0.25, 0.3) is 16.7 Å². The molecule has 1 aromatic carbocycles. The first-order valence-corrected chi connectivity index (χ1v) is 9.95. The molecule has 150 valence electrons. The lowest BCUT2D eigenvalue weighted by atomic mass is 10.0. The molecule has 0 aliphatic carbocycles. The highest BCUT2D eigenvalue weighted by atomic mass is 35.5. The van der Waals surface area contributed by atoms with E-state index in [0.717, 1.165) is 25.2 Å². The minimum atomic E-state index is -0.373. The van der Waals surface area contributed by atoms with Crippen LogP contribution >= 0.6 is 11.6 Å². The van der Waals surface area contributed by atoms with Gasteiger partial charge >= 0.3 is 0 Å². The number of anilines is 2. The number of rotatable bonds is 3. The van der Waals surface area contributed by atoms with Gasteiger partial charge < -0.3 is 10.6 Å². The van der Waals surface area contributed by atoms with Crippen molar-refractivity contribution in [1.82, 2.24) is 30.0 Å². The summed E-state index contributed by atoms with van der Waals surface area (Å²) < 4.78 is 1.19. The van der Waals surface area contributed by atoms with Gasteiger partial charge in [0.25, 0.3) is 5.56 Å². The fourth-order valence-corrected chi connectivity index (χ4v) is 3.80. The summed E-state index contributed by atoms with van der Waals surface area (Å²) in [6.07, 6.45) is 4.10. The fraction of sp³-hybridized carbons (Fsp3) is 0.190. The molecule has 0 saturated carbocycles. The fourth-order valence-electron chi connectivity index (χ4n) is 3.60. The van der Waals surface area contributed by atoms with Crippen molar-refractivity contribution in [2.24, 2.45) is 0 Å². The van der Waals surface area contributed by atoms with E-state index in [4.69, 9.17) is 11.6 Å². The number of hydrogen-bond acceptors (Lipinski definition) is 7. The first kappa shape index (κ1) is 18.7. The lowest BCUT2D eigenvalue weighted by molar-refractivity contribution is 0.644. The van der Waals surface area contributed by atoms with E-state index in [9.17, 15) is 4.79 Å². The van der Waals surface area contributed by atoms with Gasteiger partial charge in [0.15, 0.2) is 5.82 Å². The summed E-state index contributed by atoms with van der Waals surface area (Å²) in [6.45, 7) is 3.64. The van der Waals surface area contributed by atoms with E-state index in [1.807, 2.05) is 6.07 Å². The lowest BCUT2D eigenvalue weighted by Crippen LogP contribution is -2.24. The molecule has 1 aliphatic heterocycles. The highest BCUT2D eigenvalue weighted by molar-refractivity contribution is 6.32. The number of nitrogens with zero attached hydrogens (tertiary/aromatic N) is 5. The third kappa shape index (κ3) is 3.30. The number of nitrogens with one attached hydrogen (secondary N) is 2. The van der Waals surface area contributed by atoms with Gasteiger partial charge in [-0.1, -0.05) is 17.7 Å². The monoisotopic (exact) mass is 419 g/mol. The maximum absolute atomic E-state index is 13.0. The van der Waals surface area contributed by atoms with Crippen molar-refractivity contribution < 1.29 is 0 Å². The van der Waals surface area contributed by atoms with Crippen LogP contribution < -0.4 is 16.2 Å². The SMILES string of the molecule is Cc1nn(-c2ncccc2Cl)c(=O)c2cnc(Nc3ccc4c(c3)CNCC4)nc12. The van der Waals surface area contributed by atoms with Gasteiger partial charge in [0.2, 0.25) is 5.95 Å². The summed E-state index contributed by atoms with van der Waals surface area (Å²) in [5.41, 5.74) is 4.21. The molecular weight excluding hydrogens is 402 g/mol. The Morgan fingerprint density at radius 3 is 2.97 bits per heavy atom. The second kappa shape index (κ2) is 7.47. The van der Waals surface area contributed by atoms with Crippen molar-refractivity contribution in [2.45, 2.75) is 19.9 Å². The summed E-state index contributed by atoms with van der Waals surface area (Å²) in [6, 6.07) is 9.60. The Balaban J connectivity index is 1.54. The largest absolute Gasteiger partial charge is 0.324 e. The molecule has 5 rings (SSSR count). The van der Waals surface area contributed by atoms with E-state index in [0.29, 0.717) is 27.6 Å². The molecule has 4 heterocycles. The summed E-state index contributed by atoms with van der Waals surface area (Å²) in [5, 5.41) is 11.7. The van der Waals surface area contributed by atoms with Crippen molar-refractivity contribution in [2.75, 3.05) is 11.9 Å². The summed E-state index contributed by atoms with van der Waals surface area (Å²) in [4.78, 5) is 26.0. The van der Waals surface area contributed by atoms with Gasteiger partial charge in [0.1, 0.15) is 5.52 Å². The standard InChI is InChI=1S/C21H18ClN7O/c1-12-18-16(20(30)29(28-12)19-17(22)3-2-7-24-19)11-25-21(27-18)26-15-5-4-13-6-8-23-10-14(13)9-15/h2-5,7,9,11,23H,6,8,10H2,1H3,(H,25,26,27). The topological polar surface area (TPSA) is 97.6 Å². The van der Waals surface area contributed by atoms with Gasteiger partial charge in [-0.05, 0) is 55.3 Å². The second-order valence-corrected chi connectivity index (χ2v) is 7.51. The van der Waals surface area contributed by atoms with Crippen LogP contribution in [0.1, 0.15) is 16.8 Å². The molecule has 0 atom stereocenters. The number of pyridine rings is 1. The number of benzene rings is 1. The molecule has 0 spiro atoms. The van der Waals surface area contributed by atoms with Crippen molar-refractivity contribution in [3.8, 4) is 5.82 Å². The molecule has 0 bridgehead atoms. The molecule has 0 fully saturated rings. The predicted molar refractivity (Wildman–Crippen MR) is 116 cm³/mol. The van der Waals surface area contributed by atoms with E-state index in [1.54, 1.807) is 25.3 Å². The molecule has 9 heteroatoms. The molecule has 2 N–H and O–H groups in total. The number of hydrogen-bond donors (Lipinski definition) is 2. The van der Waals surface area contributed by atoms with E-state index in [-0.39, 0.29) is 11.4 Å². The van der Waals surface area contributed by atoms with E-state index < -0.39 is 0 Å². The van der Waals surface area contributed by atoms with Crippen LogP contribution in [0.4, 0.5) is 11.6 Å². The van der Waals surface area contributed by atoms with E-state index >= 15 is 0 Å². The van der Waals surface area contributed by atoms with Crippen LogP contribution in [0, 0.1) is 6.92 Å². The summed E-state index contributed by atoms with van der Waals surface area (Å²) in [7, 11) is 0. The van der Waals surface area contributed by atoms with Gasteiger partial charge in [-0.2, -0.15) is 9.78 Å². The predicted octanol–water partition coefficient (Wildman–Crippen LogP) is 2.92. The van der Waals surface area contributed by atoms with Crippen LogP contribution in [0.3, 0.4) is 0 Å². The maximum atomic E-state index is 13.0. The molecule has 0 radical (unpaired) electrons. The average Bonchev–Trinajstić information content (AvgIpc) is 2.77. The van der Waals surface area contributed by atoms with E-state index in [1.165, 1.54) is 22.0 Å². The number of aromatic nitrogens is 5. The third-order valence-electron chi connectivity index (χ3n) is 5.09. The van der Waals surface area contributed by atoms with Crippen LogP contribution in [-0.4, -0.2) is 31.3 Å². The molecule has 1 aliphatic rings. The zero-order valence-electron chi connectivity index (χ0n) is 16.2. The van der Waals surface area contributed by atoms with Crippen LogP contribution in [0.2, 0.25) is 5.02 Å². The minimum Gasteiger partial charge on any atom is -0.324 e. The summed E-state index contributed by atoms with van der Waals surface area (Å²) >= 11 is 6.19. The Kier molecular flexibility index (Phi) is 4.65. The van der Waals surface area contributed by atoms with Crippen LogP contribution in [0.5, 0.6) is 0 Å². The Labute approximate surface area is 177 Å². The smallest absolute Gasteiger partial charge is 0.284 e. The Morgan fingerprint density at radius 1 is 1.20 bits per heavy atom. The highest BCUT2D eigenvalue weighted by Crippen LogP contribution is 2.22. The van der Waals surface area contributed by atoms with Crippen LogP contribution in [0.15, 0.2) is 47.5 Å². The molecular formula is C21H18ClN7O. The van der Waals surface area contributed by atoms with Gasteiger partial charge in [-0.15, -0.1) is 0 Å². The summed E-state index contributed by atoms with van der Waals surface area (Å²) in [5.74, 6) is 0.683. The molecule has 3 aromatic heterocycles. The maximum Gasteiger partial charge on any atom is 0.284 e. The Hall–Kier alpha value is -3.36. The van der Waals surface area contributed by atoms with Gasteiger partial charge in [0.05, 0.1) is 16.1 Å². The average molecular weight is 420 g/mol. The highest BCUT2D eigenvalue weighted by Gasteiger charge is 2.15. The Morgan fingerprint density at radius 2 is 2.10 bits per heavy atom. The van der Waals surface area contributed by atoms with E-state index in [2.05, 4.69) is 42.8 Å². The minimum absolute atomic E-state index is 0.277. The molecule has 30 heavy (non-hydrogen) atoms. The van der Waals surface area contributed by atoms with Crippen LogP contribution in [-0.2, 0) is 13.0 Å².